The molecule has 4 aromatic rings. The minimum absolute atomic E-state index is 0.0305. The highest BCUT2D eigenvalue weighted by molar-refractivity contribution is 7.07. The van der Waals surface area contributed by atoms with Crippen LogP contribution in [-0.4, -0.2) is 23.1 Å². The number of nitrogens with zero attached hydrogens (tertiary/aromatic N) is 1. The Morgan fingerprint density at radius 2 is 1.64 bits per heavy atom. The van der Waals surface area contributed by atoms with Crippen molar-refractivity contribution in [2.45, 2.75) is 12.8 Å². The third-order valence-corrected chi connectivity index (χ3v) is 7.58. The fourth-order valence-electron chi connectivity index (χ4n) is 4.49. The van der Waals surface area contributed by atoms with Gasteiger partial charge < -0.3 is 15.8 Å². The van der Waals surface area contributed by atoms with E-state index >= 15 is 0 Å². The molecule has 0 saturated carbocycles. The van der Waals surface area contributed by atoms with Gasteiger partial charge in [0.2, 0.25) is 0 Å². The lowest BCUT2D eigenvalue weighted by atomic mass is 9.82. The van der Waals surface area contributed by atoms with Crippen molar-refractivity contribution < 1.29 is 14.3 Å². The Balaban J connectivity index is 1.82. The Hall–Kier alpha value is -4.40. The molecule has 1 atom stereocenters. The van der Waals surface area contributed by atoms with Crippen LogP contribution >= 0.6 is 22.9 Å². The molecule has 5 rings (SSSR count). The van der Waals surface area contributed by atoms with E-state index in [0.717, 1.165) is 16.9 Å². The Labute approximate surface area is 233 Å². The van der Waals surface area contributed by atoms with Crippen LogP contribution in [0.4, 0.5) is 5.69 Å². The summed E-state index contributed by atoms with van der Waals surface area (Å²) in [4.78, 5) is 41.0. The molecule has 1 aliphatic rings. The number of nitrogens with two attached hydrogens (primary N) is 1. The van der Waals surface area contributed by atoms with Crippen LogP contribution in [0, 0.1) is 0 Å². The average molecular weight is 558 g/mol. The number of halogens is 1. The maximum atomic E-state index is 14.0. The first kappa shape index (κ1) is 26.2. The number of carbonyl (C=O) groups excluding carboxylic acids is 2. The van der Waals surface area contributed by atoms with Gasteiger partial charge in [0.25, 0.3) is 11.5 Å². The minimum atomic E-state index is -0.875. The Bertz CT molecular complexity index is 1760. The standard InChI is InChI=1S/C30H24ClN3O4S/c1-2-38-30(37)24-23(19-11-7-4-8-12-19)25(27(35)33-21-15-13-20(31)14-16-21)29-34(26(24)32)28(36)22(39-29)17-18-9-5-3-6-10-18/h3-17,23H,2,32H2,1H3,(H,33,35)/b22-17-. The lowest BCUT2D eigenvalue weighted by Gasteiger charge is -2.27. The van der Waals surface area contributed by atoms with E-state index in [9.17, 15) is 14.4 Å². The van der Waals surface area contributed by atoms with Crippen LogP contribution in [0.25, 0.3) is 17.5 Å². The molecule has 1 aromatic heterocycles. The van der Waals surface area contributed by atoms with E-state index in [1.807, 2.05) is 60.7 Å². The summed E-state index contributed by atoms with van der Waals surface area (Å²) in [6.45, 7) is 1.78. The molecule has 0 spiro atoms. The summed E-state index contributed by atoms with van der Waals surface area (Å²) in [5.74, 6) is -2.12. The molecule has 1 amide bonds. The van der Waals surface area contributed by atoms with Crippen LogP contribution in [0.15, 0.2) is 95.3 Å². The molecular formula is C30H24ClN3O4S. The zero-order valence-electron chi connectivity index (χ0n) is 20.9. The Morgan fingerprint density at radius 3 is 2.28 bits per heavy atom. The van der Waals surface area contributed by atoms with Gasteiger partial charge in [-0.2, -0.15) is 0 Å². The smallest absolute Gasteiger partial charge is 0.338 e. The molecule has 3 aromatic carbocycles. The van der Waals surface area contributed by atoms with Gasteiger partial charge in [0.1, 0.15) is 10.5 Å². The first-order valence-corrected chi connectivity index (χ1v) is 13.4. The first-order chi connectivity index (χ1) is 18.9. The van der Waals surface area contributed by atoms with E-state index in [1.165, 1.54) is 4.57 Å². The molecule has 9 heteroatoms. The van der Waals surface area contributed by atoms with Crippen LogP contribution < -0.4 is 25.8 Å². The number of hydrogen-bond acceptors (Lipinski definition) is 6. The van der Waals surface area contributed by atoms with E-state index in [-0.39, 0.29) is 23.6 Å². The largest absolute Gasteiger partial charge is 0.463 e. The van der Waals surface area contributed by atoms with E-state index in [4.69, 9.17) is 22.1 Å². The normalized spacial score (nSPS) is 15.2. The van der Waals surface area contributed by atoms with Crippen LogP contribution in [0.2, 0.25) is 5.02 Å². The van der Waals surface area contributed by atoms with Crippen molar-refractivity contribution in [2.75, 3.05) is 11.9 Å². The third-order valence-electron chi connectivity index (χ3n) is 6.22. The molecule has 0 bridgehead atoms. The van der Waals surface area contributed by atoms with Crippen LogP contribution in [0.5, 0.6) is 0 Å². The van der Waals surface area contributed by atoms with Gasteiger partial charge in [0, 0.05) is 10.7 Å². The van der Waals surface area contributed by atoms with Crippen molar-refractivity contribution in [1.82, 2.24) is 4.57 Å². The molecule has 196 valence electrons. The molecule has 0 fully saturated rings. The SMILES string of the molecule is CCOC(=O)C1=C(N)n2c(s/c(=C\c3ccccc3)c2=O)=C(C(=O)Nc2ccc(Cl)cc2)C1c1ccccc1. The minimum Gasteiger partial charge on any atom is -0.463 e. The predicted octanol–water partition coefficient (Wildman–Crippen LogP) is 3.67. The van der Waals surface area contributed by atoms with Gasteiger partial charge in [-0.05, 0) is 48.4 Å². The van der Waals surface area contributed by atoms with Crippen LogP contribution in [-0.2, 0) is 14.3 Å². The molecular weight excluding hydrogens is 534 g/mol. The highest BCUT2D eigenvalue weighted by atomic mass is 35.5. The highest BCUT2D eigenvalue weighted by Crippen LogP contribution is 2.37. The zero-order chi connectivity index (χ0) is 27.5. The molecule has 2 heterocycles. The van der Waals surface area contributed by atoms with Crippen molar-refractivity contribution >= 4 is 58.0 Å². The van der Waals surface area contributed by atoms with Crippen LogP contribution in [0.3, 0.4) is 0 Å². The topological polar surface area (TPSA) is 103 Å². The third kappa shape index (κ3) is 5.16. The summed E-state index contributed by atoms with van der Waals surface area (Å²) >= 11 is 7.17. The highest BCUT2D eigenvalue weighted by Gasteiger charge is 2.39. The summed E-state index contributed by atoms with van der Waals surface area (Å²) in [6.07, 6.45) is 1.74. The van der Waals surface area contributed by atoms with E-state index < -0.39 is 23.4 Å². The second-order valence-corrected chi connectivity index (χ2v) is 10.2. The molecule has 39 heavy (non-hydrogen) atoms. The molecule has 0 radical (unpaired) electrons. The van der Waals surface area contributed by atoms with Gasteiger partial charge in [-0.1, -0.05) is 72.3 Å². The number of anilines is 1. The van der Waals surface area contributed by atoms with Gasteiger partial charge in [-0.15, -0.1) is 11.3 Å². The van der Waals surface area contributed by atoms with Gasteiger partial charge in [0.15, 0.2) is 0 Å². The summed E-state index contributed by atoms with van der Waals surface area (Å²) in [5.41, 5.74) is 8.35. The molecule has 1 unspecified atom stereocenters. The van der Waals surface area contributed by atoms with Gasteiger partial charge in [-0.25, -0.2) is 4.79 Å². The number of hydrogen-bond donors (Lipinski definition) is 2. The molecule has 0 aliphatic carbocycles. The fraction of sp³-hybridized carbons (Fsp3) is 0.100. The lowest BCUT2D eigenvalue weighted by Crippen LogP contribution is -2.42. The van der Waals surface area contributed by atoms with Crippen LogP contribution in [0.1, 0.15) is 24.0 Å². The van der Waals surface area contributed by atoms with E-state index in [0.29, 0.717) is 25.5 Å². The summed E-state index contributed by atoms with van der Waals surface area (Å²) < 4.78 is 7.31. The number of ether oxygens (including phenoxy) is 1. The number of benzene rings is 3. The number of rotatable bonds is 6. The maximum absolute atomic E-state index is 14.0. The van der Waals surface area contributed by atoms with E-state index in [1.54, 1.807) is 37.3 Å². The quantitative estimate of drug-likeness (QED) is 0.352. The molecule has 0 saturated heterocycles. The number of nitrogens with one attached hydrogen (secondary N) is 1. The van der Waals surface area contributed by atoms with Crippen molar-refractivity contribution in [3.8, 4) is 0 Å². The first-order valence-electron chi connectivity index (χ1n) is 12.2. The number of aromatic nitrogens is 1. The lowest BCUT2D eigenvalue weighted by molar-refractivity contribution is -0.138. The number of carbonyl (C=O) groups is 2. The summed E-state index contributed by atoms with van der Waals surface area (Å²) in [7, 11) is 0. The summed E-state index contributed by atoms with van der Waals surface area (Å²) in [6, 6.07) is 25.1. The van der Waals surface area contributed by atoms with Crippen molar-refractivity contribution in [2.24, 2.45) is 5.73 Å². The molecule has 7 nitrogen and oxygen atoms in total. The monoisotopic (exact) mass is 557 g/mol. The van der Waals surface area contributed by atoms with Gasteiger partial charge in [-0.3, -0.25) is 14.2 Å². The van der Waals surface area contributed by atoms with Crippen molar-refractivity contribution in [1.29, 1.82) is 0 Å². The number of thiazole rings is 1. The molecule has 3 N–H and O–H groups in total. The molecule has 1 aliphatic heterocycles. The predicted molar refractivity (Wildman–Crippen MR) is 155 cm³/mol. The number of fused-ring (bicyclic) bond motifs is 1. The average Bonchev–Trinajstić information content (AvgIpc) is 3.26. The van der Waals surface area contributed by atoms with Crippen molar-refractivity contribution in [3.63, 3.8) is 0 Å². The van der Waals surface area contributed by atoms with E-state index in [2.05, 4.69) is 5.32 Å². The Kier molecular flexibility index (Phi) is 7.49. The van der Waals surface area contributed by atoms with Gasteiger partial charge in [0.05, 0.1) is 28.2 Å². The fourth-order valence-corrected chi connectivity index (χ4v) is 5.79. The Morgan fingerprint density at radius 1 is 1.00 bits per heavy atom. The van der Waals surface area contributed by atoms with Gasteiger partial charge >= 0.3 is 5.97 Å². The number of esters is 1. The number of amides is 1. The second kappa shape index (κ2) is 11.1. The zero-order valence-corrected chi connectivity index (χ0v) is 22.5. The second-order valence-electron chi connectivity index (χ2n) is 8.70. The summed E-state index contributed by atoms with van der Waals surface area (Å²) in [5, 5.41) is 3.42. The maximum Gasteiger partial charge on any atom is 0.338 e. The van der Waals surface area contributed by atoms with Crippen molar-refractivity contribution in [3.05, 3.63) is 126 Å².